The average molecular weight is 169 g/mol. The van der Waals surface area contributed by atoms with E-state index in [1.54, 1.807) is 0 Å². The van der Waals surface area contributed by atoms with Gasteiger partial charge in [-0.1, -0.05) is 19.8 Å². The van der Waals surface area contributed by atoms with E-state index in [4.69, 9.17) is 12.3 Å². The maximum absolute atomic E-state index is 5.24. The Morgan fingerprint density at radius 3 is 2.42 bits per heavy atom. The zero-order chi connectivity index (χ0) is 9.40. The van der Waals surface area contributed by atoms with Gasteiger partial charge >= 0.3 is 0 Å². The van der Waals surface area contributed by atoms with Crippen molar-refractivity contribution in [2.75, 3.05) is 19.6 Å². The number of hydrogen-bond acceptors (Lipinski definition) is 3. The zero-order valence-corrected chi connectivity index (χ0v) is 8.01. The molecular formula is C9H19N3. The lowest BCUT2D eigenvalue weighted by molar-refractivity contribution is 0.291. The molecule has 0 aliphatic carbocycles. The van der Waals surface area contributed by atoms with Gasteiger partial charge in [-0.2, -0.15) is 0 Å². The fraction of sp³-hybridized carbons (Fsp3) is 0.778. The molecule has 0 aliphatic rings. The molecule has 0 saturated heterocycles. The molecule has 0 saturated carbocycles. The molecule has 1 atom stereocenters. The number of terminal acetylenes is 1. The number of rotatable bonds is 6. The van der Waals surface area contributed by atoms with Crippen molar-refractivity contribution in [1.29, 1.82) is 0 Å². The highest BCUT2D eigenvalue weighted by atomic mass is 15.2. The Bertz CT molecular complexity index is 135. The Hall–Kier alpha value is -0.560. The molecule has 1 unspecified atom stereocenters. The van der Waals surface area contributed by atoms with Crippen LogP contribution >= 0.6 is 0 Å². The largest absolute Gasteiger partial charge is 0.304 e. The van der Waals surface area contributed by atoms with Gasteiger partial charge in [-0.05, 0) is 19.5 Å². The van der Waals surface area contributed by atoms with Crippen LogP contribution in [0.1, 0.15) is 20.3 Å². The first kappa shape index (κ1) is 11.4. The second kappa shape index (κ2) is 7.11. The van der Waals surface area contributed by atoms with Gasteiger partial charge in [0, 0.05) is 6.54 Å². The molecule has 0 spiro atoms. The number of hydrazine groups is 1. The van der Waals surface area contributed by atoms with E-state index in [2.05, 4.69) is 30.1 Å². The third-order valence-corrected chi connectivity index (χ3v) is 2.03. The van der Waals surface area contributed by atoms with Gasteiger partial charge in [0.1, 0.15) is 0 Å². The van der Waals surface area contributed by atoms with Crippen LogP contribution in [0, 0.1) is 12.3 Å². The highest BCUT2D eigenvalue weighted by molar-refractivity contribution is 4.97. The van der Waals surface area contributed by atoms with Crippen molar-refractivity contribution in [3.63, 3.8) is 0 Å². The van der Waals surface area contributed by atoms with E-state index in [0.29, 0.717) is 0 Å². The summed E-state index contributed by atoms with van der Waals surface area (Å²) in [5.74, 6) is 7.83. The lowest BCUT2D eigenvalue weighted by Gasteiger charge is -2.19. The third kappa shape index (κ3) is 4.35. The minimum absolute atomic E-state index is 0.00519. The third-order valence-electron chi connectivity index (χ3n) is 2.03. The summed E-state index contributed by atoms with van der Waals surface area (Å²) >= 11 is 0. The van der Waals surface area contributed by atoms with Gasteiger partial charge in [-0.3, -0.25) is 5.84 Å². The monoisotopic (exact) mass is 169 g/mol. The molecule has 3 heteroatoms. The molecule has 0 aromatic rings. The molecule has 0 heterocycles. The highest BCUT2D eigenvalue weighted by Crippen LogP contribution is 1.94. The lowest BCUT2D eigenvalue weighted by Crippen LogP contribution is -2.37. The van der Waals surface area contributed by atoms with Crippen LogP contribution in [0.5, 0.6) is 0 Å². The highest BCUT2D eigenvalue weighted by Gasteiger charge is 2.04. The van der Waals surface area contributed by atoms with Gasteiger partial charge < -0.3 is 4.90 Å². The Balaban J connectivity index is 3.58. The summed E-state index contributed by atoms with van der Waals surface area (Å²) in [6.45, 7) is 7.43. The van der Waals surface area contributed by atoms with Gasteiger partial charge in [-0.25, -0.2) is 5.43 Å². The molecule has 0 aromatic heterocycles. The first-order chi connectivity index (χ1) is 5.78. The van der Waals surface area contributed by atoms with E-state index < -0.39 is 0 Å². The molecule has 0 radical (unpaired) electrons. The standard InChI is InChI=1S/C9H19N3/c1-4-9(11-10)7-8-12(5-2)6-3/h1,9,11H,5-8,10H2,2-3H3. The summed E-state index contributed by atoms with van der Waals surface area (Å²) in [6.07, 6.45) is 6.15. The van der Waals surface area contributed by atoms with Crippen LogP contribution in [0.4, 0.5) is 0 Å². The van der Waals surface area contributed by atoms with Crippen molar-refractivity contribution in [1.82, 2.24) is 10.3 Å². The molecule has 0 amide bonds. The van der Waals surface area contributed by atoms with Gasteiger partial charge in [0.05, 0.1) is 6.04 Å². The Morgan fingerprint density at radius 1 is 1.50 bits per heavy atom. The second-order valence-electron chi connectivity index (χ2n) is 2.70. The van der Waals surface area contributed by atoms with E-state index in [1.807, 2.05) is 0 Å². The minimum Gasteiger partial charge on any atom is -0.304 e. The normalized spacial score (nSPS) is 12.9. The molecule has 0 aliphatic heterocycles. The van der Waals surface area contributed by atoms with E-state index >= 15 is 0 Å². The predicted molar refractivity (Wildman–Crippen MR) is 52.3 cm³/mol. The molecule has 0 fully saturated rings. The fourth-order valence-electron chi connectivity index (χ4n) is 1.07. The quantitative estimate of drug-likeness (QED) is 0.339. The van der Waals surface area contributed by atoms with Gasteiger partial charge in [0.15, 0.2) is 0 Å². The lowest BCUT2D eigenvalue weighted by atomic mass is 10.2. The summed E-state index contributed by atoms with van der Waals surface area (Å²) in [5, 5.41) is 0. The second-order valence-corrected chi connectivity index (χ2v) is 2.70. The van der Waals surface area contributed by atoms with Gasteiger partial charge in [0.25, 0.3) is 0 Å². The van der Waals surface area contributed by atoms with Crippen LogP contribution in [-0.2, 0) is 0 Å². The smallest absolute Gasteiger partial charge is 0.0827 e. The van der Waals surface area contributed by atoms with Gasteiger partial charge in [-0.15, -0.1) is 6.42 Å². The maximum Gasteiger partial charge on any atom is 0.0827 e. The molecule has 0 rings (SSSR count). The SMILES string of the molecule is C#CC(CCN(CC)CC)NN. The summed E-state index contributed by atoms with van der Waals surface area (Å²) in [6, 6.07) is 0.00519. The first-order valence-electron chi connectivity index (χ1n) is 4.43. The minimum atomic E-state index is 0.00519. The van der Waals surface area contributed by atoms with Crippen LogP contribution in [0.15, 0.2) is 0 Å². The maximum atomic E-state index is 5.24. The number of nitrogens with two attached hydrogens (primary N) is 1. The number of nitrogens with one attached hydrogen (secondary N) is 1. The first-order valence-corrected chi connectivity index (χ1v) is 4.43. The van der Waals surface area contributed by atoms with Crippen molar-refractivity contribution < 1.29 is 0 Å². The summed E-state index contributed by atoms with van der Waals surface area (Å²) in [4.78, 5) is 2.32. The van der Waals surface area contributed by atoms with Crippen LogP contribution in [0.25, 0.3) is 0 Å². The molecule has 70 valence electrons. The van der Waals surface area contributed by atoms with Crippen LogP contribution in [0.3, 0.4) is 0 Å². The van der Waals surface area contributed by atoms with Gasteiger partial charge in [0.2, 0.25) is 0 Å². The molecule has 0 bridgehead atoms. The molecule has 3 N–H and O–H groups in total. The van der Waals surface area contributed by atoms with Crippen LogP contribution in [-0.4, -0.2) is 30.6 Å². The summed E-state index contributed by atoms with van der Waals surface area (Å²) in [5.41, 5.74) is 2.59. The van der Waals surface area contributed by atoms with Crippen molar-refractivity contribution in [2.24, 2.45) is 5.84 Å². The summed E-state index contributed by atoms with van der Waals surface area (Å²) < 4.78 is 0. The zero-order valence-electron chi connectivity index (χ0n) is 8.01. The Labute approximate surface area is 75.3 Å². The van der Waals surface area contributed by atoms with Crippen LogP contribution in [0.2, 0.25) is 0 Å². The topological polar surface area (TPSA) is 41.3 Å². The summed E-state index contributed by atoms with van der Waals surface area (Å²) in [7, 11) is 0. The number of nitrogens with zero attached hydrogens (tertiary/aromatic N) is 1. The Kier molecular flexibility index (Phi) is 6.78. The molecule has 3 nitrogen and oxygen atoms in total. The van der Waals surface area contributed by atoms with Crippen molar-refractivity contribution >= 4 is 0 Å². The molecule has 0 aromatic carbocycles. The van der Waals surface area contributed by atoms with Crippen molar-refractivity contribution in [2.45, 2.75) is 26.3 Å². The van der Waals surface area contributed by atoms with Crippen molar-refractivity contribution in [3.8, 4) is 12.3 Å². The molecule has 12 heavy (non-hydrogen) atoms. The van der Waals surface area contributed by atoms with E-state index in [1.165, 1.54) is 0 Å². The average Bonchev–Trinajstić information content (AvgIpc) is 2.13. The fourth-order valence-corrected chi connectivity index (χ4v) is 1.07. The number of hydrogen-bond donors (Lipinski definition) is 2. The van der Waals surface area contributed by atoms with E-state index in [0.717, 1.165) is 26.1 Å². The van der Waals surface area contributed by atoms with Crippen LogP contribution < -0.4 is 11.3 Å². The predicted octanol–water partition coefficient (Wildman–Crippen LogP) is 0.183. The molecular weight excluding hydrogens is 150 g/mol. The Morgan fingerprint density at radius 2 is 2.08 bits per heavy atom. The van der Waals surface area contributed by atoms with Crippen molar-refractivity contribution in [3.05, 3.63) is 0 Å². The van der Waals surface area contributed by atoms with E-state index in [9.17, 15) is 0 Å². The van der Waals surface area contributed by atoms with E-state index in [-0.39, 0.29) is 6.04 Å².